The lowest BCUT2D eigenvalue weighted by atomic mass is 9.83. The highest BCUT2D eigenvalue weighted by Crippen LogP contribution is 2.29. The maximum Gasteiger partial charge on any atom is 0.326 e. The molecule has 0 saturated heterocycles. The molecule has 2 aromatic carbocycles. The van der Waals surface area contributed by atoms with E-state index in [0.717, 1.165) is 60.0 Å². The predicted molar refractivity (Wildman–Crippen MR) is 242 cm³/mol. The Balaban J connectivity index is 0.000000235. The van der Waals surface area contributed by atoms with Gasteiger partial charge in [-0.25, -0.2) is 4.79 Å². The normalized spacial score (nSPS) is 15.5. The first-order valence-corrected chi connectivity index (χ1v) is 21.9. The number of nitrogens with two attached hydrogens (primary N) is 1. The Morgan fingerprint density at radius 1 is 0.651 bits per heavy atom. The Morgan fingerprint density at radius 3 is 1.49 bits per heavy atom. The van der Waals surface area contributed by atoms with Gasteiger partial charge in [0, 0.05) is 68.1 Å². The summed E-state index contributed by atoms with van der Waals surface area (Å²) in [5, 5.41) is 12.4. The van der Waals surface area contributed by atoms with Gasteiger partial charge in [-0.1, -0.05) is 102 Å². The van der Waals surface area contributed by atoms with E-state index in [4.69, 9.17) is 5.73 Å². The predicted octanol–water partition coefficient (Wildman–Crippen LogP) is 6.09. The number of carbonyl (C=O) groups is 6. The second-order valence-electron chi connectivity index (χ2n) is 17.3. The van der Waals surface area contributed by atoms with E-state index >= 15 is 0 Å². The summed E-state index contributed by atoms with van der Waals surface area (Å²) in [7, 11) is 0. The number of benzene rings is 2. The van der Waals surface area contributed by atoms with Crippen LogP contribution in [0, 0.1) is 10.8 Å². The van der Waals surface area contributed by atoms with E-state index in [9.17, 15) is 33.9 Å². The van der Waals surface area contributed by atoms with Gasteiger partial charge in [0.1, 0.15) is 12.1 Å². The van der Waals surface area contributed by atoms with Crippen molar-refractivity contribution in [1.29, 1.82) is 0 Å². The molecule has 2 aliphatic heterocycles. The highest BCUT2D eigenvalue weighted by Gasteiger charge is 2.42. The second kappa shape index (κ2) is 23.4. The molecule has 4 N–H and O–H groups in total. The number of fused-ring (bicyclic) bond motifs is 2. The zero-order valence-electron chi connectivity index (χ0n) is 37.6. The summed E-state index contributed by atoms with van der Waals surface area (Å²) in [6.45, 7) is 12.4. The number of carboxylic acids is 1. The Labute approximate surface area is 371 Å². The minimum Gasteiger partial charge on any atom is -0.480 e. The number of ketones is 2. The zero-order valence-corrected chi connectivity index (χ0v) is 37.6. The number of carboxylic acid groups (broad SMARTS) is 1. The summed E-state index contributed by atoms with van der Waals surface area (Å²) in [5.74, 6) is -3.53. The number of nitrogens with one attached hydrogen (secondary N) is 1. The van der Waals surface area contributed by atoms with E-state index in [2.05, 4.69) is 21.4 Å². The molecule has 0 radical (unpaired) electrons. The molecular weight excluding hydrogens is 797 g/mol. The van der Waals surface area contributed by atoms with Crippen molar-refractivity contribution >= 4 is 35.3 Å². The molecule has 0 bridgehead atoms. The van der Waals surface area contributed by atoms with Crippen molar-refractivity contribution in [2.45, 2.75) is 118 Å². The monoisotopic (exact) mass is 860 g/mol. The first-order chi connectivity index (χ1) is 30.0. The molecule has 13 nitrogen and oxygen atoms in total. The van der Waals surface area contributed by atoms with Crippen LogP contribution in [0.5, 0.6) is 0 Å². The summed E-state index contributed by atoms with van der Waals surface area (Å²) >= 11 is 0. The molecule has 6 rings (SSSR count). The van der Waals surface area contributed by atoms with Gasteiger partial charge in [0.25, 0.3) is 11.8 Å². The number of aryl methyl sites for hydroxylation is 2. The van der Waals surface area contributed by atoms with E-state index < -0.39 is 52.3 Å². The second-order valence-corrected chi connectivity index (χ2v) is 17.3. The average molecular weight is 861 g/mol. The summed E-state index contributed by atoms with van der Waals surface area (Å²) in [4.78, 5) is 86.2. The van der Waals surface area contributed by atoms with Crippen LogP contribution in [0.1, 0.15) is 101 Å². The molecule has 0 fully saturated rings. The number of hydrogen-bond acceptors (Lipinski definition) is 9. The third-order valence-corrected chi connectivity index (χ3v) is 12.0. The fraction of sp³-hybridized carbons (Fsp3) is 0.440. The van der Waals surface area contributed by atoms with E-state index in [1.807, 2.05) is 93.0 Å². The number of Topliss-reactive ketones (excluding diaryl/α,β-unsaturated/α-hetero) is 2. The van der Waals surface area contributed by atoms with Gasteiger partial charge in [-0.3, -0.25) is 33.9 Å². The van der Waals surface area contributed by atoms with Gasteiger partial charge in [0.2, 0.25) is 17.5 Å². The van der Waals surface area contributed by atoms with Crippen molar-refractivity contribution in [2.24, 2.45) is 16.6 Å². The summed E-state index contributed by atoms with van der Waals surface area (Å²) in [6.07, 6.45) is 12.6. The molecule has 336 valence electrons. The fourth-order valence-electron chi connectivity index (χ4n) is 7.11. The summed E-state index contributed by atoms with van der Waals surface area (Å²) in [6, 6.07) is 21.5. The molecule has 0 aliphatic carbocycles. The number of hydrogen-bond donors (Lipinski definition) is 3. The van der Waals surface area contributed by atoms with E-state index in [1.54, 1.807) is 40.1 Å². The van der Waals surface area contributed by atoms with Gasteiger partial charge in [-0.05, 0) is 90.6 Å². The van der Waals surface area contributed by atoms with Crippen molar-refractivity contribution < 1.29 is 33.9 Å². The van der Waals surface area contributed by atoms with Gasteiger partial charge in [0.05, 0.1) is 0 Å². The molecule has 2 aromatic heterocycles. The molecule has 4 aromatic rings. The van der Waals surface area contributed by atoms with Crippen molar-refractivity contribution in [1.82, 2.24) is 25.1 Å². The summed E-state index contributed by atoms with van der Waals surface area (Å²) in [5.41, 5.74) is 10.1. The number of rotatable bonds is 15. The van der Waals surface area contributed by atoms with Crippen LogP contribution >= 0.6 is 0 Å². The number of aliphatic carboxylic acids is 1. The lowest BCUT2D eigenvalue weighted by Gasteiger charge is -2.37. The molecule has 2 atom stereocenters. The van der Waals surface area contributed by atoms with Crippen LogP contribution in [0.2, 0.25) is 0 Å². The van der Waals surface area contributed by atoms with Gasteiger partial charge >= 0.3 is 5.97 Å². The van der Waals surface area contributed by atoms with Crippen LogP contribution in [0.4, 0.5) is 0 Å². The summed E-state index contributed by atoms with van der Waals surface area (Å²) < 4.78 is 0. The van der Waals surface area contributed by atoms with E-state index in [0.29, 0.717) is 25.8 Å². The van der Waals surface area contributed by atoms with Crippen molar-refractivity contribution in [3.05, 3.63) is 131 Å². The first-order valence-electron chi connectivity index (χ1n) is 21.9. The molecular formula is C50H64N6O7. The molecule has 63 heavy (non-hydrogen) atoms. The van der Waals surface area contributed by atoms with Crippen LogP contribution in [-0.2, 0) is 67.5 Å². The molecule has 2 unspecified atom stereocenters. The minimum atomic E-state index is -1.08. The first kappa shape index (κ1) is 49.6. The molecule has 3 amide bonds. The molecule has 0 spiro atoms. The van der Waals surface area contributed by atoms with Crippen LogP contribution in [0.15, 0.2) is 97.6 Å². The number of nitrogens with zero attached hydrogens (tertiary/aromatic N) is 4. The van der Waals surface area contributed by atoms with Crippen molar-refractivity contribution in [2.75, 3.05) is 13.1 Å². The standard InChI is InChI=1S/C25H31N3O3.C17H21NO4.C8H12N2/c1-4-25(2,3)22(29)24(31)28-17-20-12-6-5-11-19(20)15-21(28)23(30)27-14-8-10-18-9-7-13-26-16-18;1-4-17(2,3)14(19)15(20)18-10-12-8-6-5-7-11(12)9-13(18)16(21)22;9-5-1-3-8-4-2-6-10-7-8/h5-7,9,11-13,16,21H,4,8,10,14-15,17H2,1-3H3,(H,27,30);5-8,13H,4,9-10H2,1-3H3,(H,21,22);2,4,6-7H,1,3,5,9H2. The number of aromatic nitrogens is 2. The smallest absolute Gasteiger partial charge is 0.326 e. The third kappa shape index (κ3) is 13.7. The van der Waals surface area contributed by atoms with Crippen LogP contribution in [-0.4, -0.2) is 85.3 Å². The van der Waals surface area contributed by atoms with Crippen molar-refractivity contribution in [3.8, 4) is 0 Å². The number of pyridine rings is 2. The quantitative estimate of drug-likeness (QED) is 0.0931. The van der Waals surface area contributed by atoms with Crippen LogP contribution in [0.3, 0.4) is 0 Å². The maximum atomic E-state index is 13.1. The molecule has 13 heteroatoms. The van der Waals surface area contributed by atoms with Crippen molar-refractivity contribution in [3.63, 3.8) is 0 Å². The van der Waals surface area contributed by atoms with E-state index in [1.165, 1.54) is 15.4 Å². The highest BCUT2D eigenvalue weighted by molar-refractivity contribution is 6.38. The van der Waals surface area contributed by atoms with E-state index in [-0.39, 0.29) is 25.4 Å². The lowest BCUT2D eigenvalue weighted by molar-refractivity contribution is -0.157. The fourth-order valence-corrected chi connectivity index (χ4v) is 7.11. The zero-order chi connectivity index (χ0) is 46.2. The SMILES string of the molecule is CCC(C)(C)C(=O)C(=O)N1Cc2ccccc2CC1C(=O)NCCCc1cccnc1.CCC(C)(C)C(=O)C(=O)N1Cc2ccccc2CC1C(=O)O.NCCCc1cccnc1. The Kier molecular flexibility index (Phi) is 18.4. The molecule has 2 aliphatic rings. The van der Waals surface area contributed by atoms with Crippen LogP contribution < -0.4 is 11.1 Å². The lowest BCUT2D eigenvalue weighted by Crippen LogP contribution is -2.55. The Bertz CT molecular complexity index is 2180. The van der Waals surface area contributed by atoms with Gasteiger partial charge in [-0.15, -0.1) is 0 Å². The van der Waals surface area contributed by atoms with Gasteiger partial charge in [0.15, 0.2) is 0 Å². The molecule has 4 heterocycles. The largest absolute Gasteiger partial charge is 0.480 e. The number of amides is 3. The van der Waals surface area contributed by atoms with Gasteiger partial charge < -0.3 is 26.0 Å². The maximum absolute atomic E-state index is 13.1. The molecule has 0 saturated carbocycles. The topological polar surface area (TPSA) is 193 Å². The Morgan fingerprint density at radius 2 is 1.08 bits per heavy atom. The third-order valence-electron chi connectivity index (χ3n) is 12.0. The highest BCUT2D eigenvalue weighted by atomic mass is 16.4. The van der Waals surface area contributed by atoms with Crippen LogP contribution in [0.25, 0.3) is 0 Å². The average Bonchev–Trinajstić information content (AvgIpc) is 3.31. The minimum absolute atomic E-state index is 0.164. The van der Waals surface area contributed by atoms with Gasteiger partial charge in [-0.2, -0.15) is 0 Å². The number of carbonyl (C=O) groups excluding carboxylic acids is 5. The Hall–Kier alpha value is -6.08.